The minimum atomic E-state index is -0.663. The SMILES string of the molecule is CC(OC(N)=O)C1CCC[C@H](CCN)C1. The molecule has 0 aromatic heterocycles. The molecular weight excluding hydrogens is 192 g/mol. The first kappa shape index (κ1) is 12.3. The first-order valence-corrected chi connectivity index (χ1v) is 5.79. The van der Waals surface area contributed by atoms with Crippen LogP contribution in [0.4, 0.5) is 4.79 Å². The lowest BCUT2D eigenvalue weighted by Gasteiger charge is -2.32. The third-order valence-corrected chi connectivity index (χ3v) is 3.36. The van der Waals surface area contributed by atoms with Gasteiger partial charge < -0.3 is 16.2 Å². The Morgan fingerprint density at radius 3 is 2.87 bits per heavy atom. The van der Waals surface area contributed by atoms with Gasteiger partial charge in [0.15, 0.2) is 0 Å². The number of hydrogen-bond donors (Lipinski definition) is 2. The fourth-order valence-corrected chi connectivity index (χ4v) is 2.54. The van der Waals surface area contributed by atoms with Crippen molar-refractivity contribution in [3.63, 3.8) is 0 Å². The molecule has 1 fully saturated rings. The van der Waals surface area contributed by atoms with Crippen molar-refractivity contribution in [3.8, 4) is 0 Å². The minimum absolute atomic E-state index is 0.0527. The van der Waals surface area contributed by atoms with Crippen molar-refractivity contribution in [1.82, 2.24) is 0 Å². The minimum Gasteiger partial charge on any atom is -0.446 e. The molecule has 0 heterocycles. The topological polar surface area (TPSA) is 78.3 Å². The molecule has 4 nitrogen and oxygen atoms in total. The van der Waals surface area contributed by atoms with Crippen LogP contribution in [-0.2, 0) is 4.74 Å². The summed E-state index contributed by atoms with van der Waals surface area (Å²) < 4.78 is 5.02. The molecule has 0 spiro atoms. The molecule has 0 aliphatic heterocycles. The van der Waals surface area contributed by atoms with Gasteiger partial charge in [0.1, 0.15) is 6.10 Å². The van der Waals surface area contributed by atoms with E-state index < -0.39 is 6.09 Å². The molecule has 1 saturated carbocycles. The number of nitrogens with two attached hydrogens (primary N) is 2. The standard InChI is InChI=1S/C11H22N2O2/c1-8(15-11(13)14)10-4-2-3-9(7-10)5-6-12/h8-10H,2-7,12H2,1H3,(H2,13,14)/t8?,9-,10?/m1/s1. The maximum Gasteiger partial charge on any atom is 0.404 e. The lowest BCUT2D eigenvalue weighted by Crippen LogP contribution is -2.31. The third kappa shape index (κ3) is 4.08. The van der Waals surface area contributed by atoms with Crippen LogP contribution in [0.5, 0.6) is 0 Å². The normalized spacial score (nSPS) is 28.4. The van der Waals surface area contributed by atoms with E-state index in [9.17, 15) is 4.79 Å². The summed E-state index contributed by atoms with van der Waals surface area (Å²) >= 11 is 0. The van der Waals surface area contributed by atoms with Crippen molar-refractivity contribution in [2.24, 2.45) is 23.3 Å². The van der Waals surface area contributed by atoms with Gasteiger partial charge in [0.2, 0.25) is 0 Å². The molecule has 0 saturated heterocycles. The number of carbonyl (C=O) groups excluding carboxylic acids is 1. The second-order valence-corrected chi connectivity index (χ2v) is 4.51. The van der Waals surface area contributed by atoms with Gasteiger partial charge in [-0.25, -0.2) is 4.79 Å². The van der Waals surface area contributed by atoms with Crippen LogP contribution in [0.15, 0.2) is 0 Å². The highest BCUT2D eigenvalue weighted by Crippen LogP contribution is 2.33. The summed E-state index contributed by atoms with van der Waals surface area (Å²) in [7, 11) is 0. The molecule has 88 valence electrons. The molecule has 0 radical (unpaired) electrons. The van der Waals surface area contributed by atoms with E-state index in [0.717, 1.165) is 25.8 Å². The number of amides is 1. The highest BCUT2D eigenvalue weighted by molar-refractivity contribution is 5.64. The number of hydrogen-bond acceptors (Lipinski definition) is 3. The molecule has 4 heteroatoms. The largest absolute Gasteiger partial charge is 0.446 e. The lowest BCUT2D eigenvalue weighted by atomic mass is 9.78. The van der Waals surface area contributed by atoms with Crippen molar-refractivity contribution >= 4 is 6.09 Å². The van der Waals surface area contributed by atoms with Gasteiger partial charge in [0, 0.05) is 0 Å². The van der Waals surface area contributed by atoms with Crippen LogP contribution in [0.1, 0.15) is 39.0 Å². The Hall–Kier alpha value is -0.770. The summed E-state index contributed by atoms with van der Waals surface area (Å²) in [5.41, 5.74) is 10.6. The smallest absolute Gasteiger partial charge is 0.404 e. The summed E-state index contributed by atoms with van der Waals surface area (Å²) in [5, 5.41) is 0. The molecule has 4 N–H and O–H groups in total. The van der Waals surface area contributed by atoms with E-state index in [2.05, 4.69) is 0 Å². The molecule has 0 bridgehead atoms. The van der Waals surface area contributed by atoms with Gasteiger partial charge in [-0.05, 0) is 44.6 Å². The van der Waals surface area contributed by atoms with Gasteiger partial charge in [0.25, 0.3) is 0 Å². The van der Waals surface area contributed by atoms with Crippen LogP contribution in [0, 0.1) is 11.8 Å². The van der Waals surface area contributed by atoms with E-state index in [1.54, 1.807) is 0 Å². The Balaban J connectivity index is 2.37. The first-order chi connectivity index (χ1) is 7.13. The van der Waals surface area contributed by atoms with E-state index >= 15 is 0 Å². The van der Waals surface area contributed by atoms with E-state index in [4.69, 9.17) is 16.2 Å². The average Bonchev–Trinajstić information content (AvgIpc) is 2.17. The highest BCUT2D eigenvalue weighted by atomic mass is 16.6. The summed E-state index contributed by atoms with van der Waals surface area (Å²) in [5.74, 6) is 1.16. The van der Waals surface area contributed by atoms with Crippen molar-refractivity contribution in [3.05, 3.63) is 0 Å². The Morgan fingerprint density at radius 2 is 2.27 bits per heavy atom. The summed E-state index contributed by atoms with van der Waals surface area (Å²) in [4.78, 5) is 10.6. The quantitative estimate of drug-likeness (QED) is 0.746. The second-order valence-electron chi connectivity index (χ2n) is 4.51. The molecule has 15 heavy (non-hydrogen) atoms. The molecule has 0 aromatic rings. The Bertz CT molecular complexity index is 207. The Morgan fingerprint density at radius 1 is 1.53 bits per heavy atom. The first-order valence-electron chi connectivity index (χ1n) is 5.79. The highest BCUT2D eigenvalue weighted by Gasteiger charge is 2.27. The number of ether oxygens (including phenoxy) is 1. The van der Waals surface area contributed by atoms with Gasteiger partial charge in [-0.3, -0.25) is 0 Å². The second kappa shape index (κ2) is 5.95. The van der Waals surface area contributed by atoms with Crippen LogP contribution < -0.4 is 11.5 Å². The van der Waals surface area contributed by atoms with E-state index in [-0.39, 0.29) is 6.10 Å². The number of carbonyl (C=O) groups is 1. The van der Waals surface area contributed by atoms with Crippen LogP contribution in [0.25, 0.3) is 0 Å². The molecular formula is C11H22N2O2. The fraction of sp³-hybridized carbons (Fsp3) is 0.909. The van der Waals surface area contributed by atoms with E-state index in [0.29, 0.717) is 11.8 Å². The van der Waals surface area contributed by atoms with Gasteiger partial charge >= 0.3 is 6.09 Å². The maximum atomic E-state index is 10.6. The zero-order valence-electron chi connectivity index (χ0n) is 9.45. The van der Waals surface area contributed by atoms with Crippen LogP contribution in [-0.4, -0.2) is 18.7 Å². The van der Waals surface area contributed by atoms with Crippen LogP contribution >= 0.6 is 0 Å². The monoisotopic (exact) mass is 214 g/mol. The summed E-state index contributed by atoms with van der Waals surface area (Å²) in [6.07, 6.45) is 5.09. The molecule has 2 unspecified atom stereocenters. The van der Waals surface area contributed by atoms with Gasteiger partial charge in [-0.1, -0.05) is 12.8 Å². The number of primary amides is 1. The Labute approximate surface area is 91.3 Å². The van der Waals surface area contributed by atoms with Crippen molar-refractivity contribution in [1.29, 1.82) is 0 Å². The molecule has 1 rings (SSSR count). The van der Waals surface area contributed by atoms with Crippen LogP contribution in [0.3, 0.4) is 0 Å². The van der Waals surface area contributed by atoms with Gasteiger partial charge in [-0.15, -0.1) is 0 Å². The maximum absolute atomic E-state index is 10.6. The summed E-state index contributed by atoms with van der Waals surface area (Å²) in [6, 6.07) is 0. The average molecular weight is 214 g/mol. The van der Waals surface area contributed by atoms with Crippen molar-refractivity contribution < 1.29 is 9.53 Å². The van der Waals surface area contributed by atoms with Gasteiger partial charge in [0.05, 0.1) is 0 Å². The fourth-order valence-electron chi connectivity index (χ4n) is 2.54. The van der Waals surface area contributed by atoms with E-state index in [1.165, 1.54) is 12.8 Å². The molecule has 1 aliphatic carbocycles. The third-order valence-electron chi connectivity index (χ3n) is 3.36. The van der Waals surface area contributed by atoms with E-state index in [1.807, 2.05) is 6.92 Å². The predicted octanol–water partition coefficient (Wildman–Crippen LogP) is 1.63. The zero-order valence-corrected chi connectivity index (χ0v) is 9.45. The summed E-state index contributed by atoms with van der Waals surface area (Å²) in [6.45, 7) is 2.68. The van der Waals surface area contributed by atoms with Crippen molar-refractivity contribution in [2.45, 2.75) is 45.1 Å². The molecule has 1 amide bonds. The zero-order chi connectivity index (χ0) is 11.3. The van der Waals surface area contributed by atoms with Crippen LogP contribution in [0.2, 0.25) is 0 Å². The predicted molar refractivity (Wildman–Crippen MR) is 59.2 cm³/mol. The lowest BCUT2D eigenvalue weighted by molar-refractivity contribution is 0.0546. The molecule has 3 atom stereocenters. The van der Waals surface area contributed by atoms with Gasteiger partial charge in [-0.2, -0.15) is 0 Å². The van der Waals surface area contributed by atoms with Crippen molar-refractivity contribution in [2.75, 3.05) is 6.54 Å². The molecule has 0 aromatic carbocycles. The molecule has 1 aliphatic rings. The Kier molecular flexibility index (Phi) is 4.88. The number of rotatable bonds is 4.